The molecule has 2 saturated carbocycles. The van der Waals surface area contributed by atoms with Crippen LogP contribution in [0.4, 0.5) is 4.79 Å². The van der Waals surface area contributed by atoms with Crippen LogP contribution in [0.3, 0.4) is 0 Å². The van der Waals surface area contributed by atoms with E-state index in [2.05, 4.69) is 27.1 Å². The summed E-state index contributed by atoms with van der Waals surface area (Å²) in [4.78, 5) is 28.6. The number of imidazole rings is 1. The van der Waals surface area contributed by atoms with Crippen LogP contribution in [0.15, 0.2) is 5.16 Å². The molecule has 2 fully saturated rings. The fourth-order valence-electron chi connectivity index (χ4n) is 3.87. The van der Waals surface area contributed by atoms with Gasteiger partial charge in [0.2, 0.25) is 5.91 Å². The molecule has 0 unspecified atom stereocenters. The van der Waals surface area contributed by atoms with Gasteiger partial charge in [0.15, 0.2) is 5.16 Å². The largest absolute Gasteiger partial charge is 0.335 e. The van der Waals surface area contributed by atoms with Gasteiger partial charge in [-0.3, -0.25) is 10.1 Å². The van der Waals surface area contributed by atoms with E-state index in [0.717, 1.165) is 36.5 Å². The van der Waals surface area contributed by atoms with E-state index in [0.29, 0.717) is 6.04 Å². The maximum Gasteiger partial charge on any atom is 0.321 e. The average Bonchev–Trinajstić information content (AvgIpc) is 3.29. The number of thioether (sulfide) groups is 1. The number of amides is 3. The summed E-state index contributed by atoms with van der Waals surface area (Å²) in [5, 5.41) is 6.21. The quantitative estimate of drug-likeness (QED) is 0.784. The Morgan fingerprint density at radius 3 is 2.44 bits per heavy atom. The number of hydrogen-bond acceptors (Lipinski definition) is 4. The van der Waals surface area contributed by atoms with Gasteiger partial charge in [-0.15, -0.1) is 0 Å². The number of carbonyl (C=O) groups excluding carboxylic acids is 2. The molecule has 0 atom stereocenters. The van der Waals surface area contributed by atoms with Crippen LogP contribution in [0.2, 0.25) is 0 Å². The summed E-state index contributed by atoms with van der Waals surface area (Å²) in [6.45, 7) is 4.11. The first-order valence-corrected chi connectivity index (χ1v) is 10.3. The topological polar surface area (TPSA) is 76.0 Å². The molecular formula is C18H28N4O2S. The summed E-state index contributed by atoms with van der Waals surface area (Å²) in [5.41, 5.74) is 2.21. The zero-order valence-corrected chi connectivity index (χ0v) is 16.0. The molecule has 1 aromatic heterocycles. The van der Waals surface area contributed by atoms with Gasteiger partial charge in [0.05, 0.1) is 11.4 Å². The summed E-state index contributed by atoms with van der Waals surface area (Å²) >= 11 is 1.42. The lowest BCUT2D eigenvalue weighted by Gasteiger charge is -2.17. The molecule has 3 rings (SSSR count). The van der Waals surface area contributed by atoms with Crippen LogP contribution in [-0.4, -0.2) is 33.3 Å². The zero-order chi connectivity index (χ0) is 17.8. The van der Waals surface area contributed by atoms with Gasteiger partial charge >= 0.3 is 6.03 Å². The van der Waals surface area contributed by atoms with E-state index in [4.69, 9.17) is 0 Å². The van der Waals surface area contributed by atoms with E-state index in [1.807, 2.05) is 6.92 Å². The molecular weight excluding hydrogens is 336 g/mol. The van der Waals surface area contributed by atoms with Gasteiger partial charge in [-0.25, -0.2) is 9.78 Å². The van der Waals surface area contributed by atoms with Crippen LogP contribution in [0, 0.1) is 13.8 Å². The summed E-state index contributed by atoms with van der Waals surface area (Å²) in [5.74, 6) is -0.0578. The van der Waals surface area contributed by atoms with Crippen LogP contribution in [0.5, 0.6) is 0 Å². The molecule has 0 aromatic carbocycles. The number of aromatic nitrogens is 2. The molecule has 2 aliphatic carbocycles. The fourth-order valence-corrected chi connectivity index (χ4v) is 4.83. The maximum atomic E-state index is 12.1. The molecule has 1 aromatic rings. The van der Waals surface area contributed by atoms with Gasteiger partial charge in [-0.1, -0.05) is 37.4 Å². The Balaban J connectivity index is 1.53. The number of rotatable bonds is 5. The number of hydrogen-bond donors (Lipinski definition) is 2. The average molecular weight is 365 g/mol. The smallest absolute Gasteiger partial charge is 0.321 e. The van der Waals surface area contributed by atoms with E-state index < -0.39 is 0 Å². The lowest BCUT2D eigenvalue weighted by molar-refractivity contribution is -0.117. The Morgan fingerprint density at radius 1 is 1.12 bits per heavy atom. The standard InChI is InChI=1S/C18H28N4O2S/c1-12-13(2)22(15-9-5-6-10-15)18(19-12)25-11-16(23)21-17(24)20-14-7-3-4-8-14/h14-15H,3-11H2,1-2H3,(H2,20,21,23,24). The number of nitrogens with zero attached hydrogens (tertiary/aromatic N) is 2. The second-order valence-electron chi connectivity index (χ2n) is 7.17. The van der Waals surface area contributed by atoms with Crippen LogP contribution in [-0.2, 0) is 4.79 Å². The van der Waals surface area contributed by atoms with Crippen molar-refractivity contribution in [1.82, 2.24) is 20.2 Å². The van der Waals surface area contributed by atoms with Gasteiger partial charge in [0.1, 0.15) is 0 Å². The van der Waals surface area contributed by atoms with Crippen molar-refractivity contribution in [2.45, 2.75) is 82.5 Å². The van der Waals surface area contributed by atoms with Crippen molar-refractivity contribution < 1.29 is 9.59 Å². The minimum absolute atomic E-state index is 0.209. The minimum atomic E-state index is -0.371. The molecule has 6 nitrogen and oxygen atoms in total. The van der Waals surface area contributed by atoms with E-state index in [9.17, 15) is 9.59 Å². The molecule has 1 heterocycles. The van der Waals surface area contributed by atoms with Crippen molar-refractivity contribution in [3.05, 3.63) is 11.4 Å². The van der Waals surface area contributed by atoms with E-state index in [1.165, 1.54) is 43.1 Å². The summed E-state index contributed by atoms with van der Waals surface area (Å²) in [7, 11) is 0. The zero-order valence-electron chi connectivity index (χ0n) is 15.1. The van der Waals surface area contributed by atoms with Crippen molar-refractivity contribution in [3.8, 4) is 0 Å². The van der Waals surface area contributed by atoms with Crippen molar-refractivity contribution in [3.63, 3.8) is 0 Å². The van der Waals surface area contributed by atoms with Gasteiger partial charge in [0.25, 0.3) is 0 Å². The third kappa shape index (κ3) is 4.57. The van der Waals surface area contributed by atoms with Crippen molar-refractivity contribution in [2.24, 2.45) is 0 Å². The molecule has 3 amide bonds. The Hall–Kier alpha value is -1.50. The predicted octanol–water partition coefficient (Wildman–Crippen LogP) is 3.48. The highest BCUT2D eigenvalue weighted by atomic mass is 32.2. The normalized spacial score (nSPS) is 18.6. The molecule has 0 saturated heterocycles. The fraction of sp³-hybridized carbons (Fsp3) is 0.722. The molecule has 2 aliphatic rings. The molecule has 7 heteroatoms. The molecule has 0 bridgehead atoms. The predicted molar refractivity (Wildman–Crippen MR) is 98.9 cm³/mol. The van der Waals surface area contributed by atoms with Crippen molar-refractivity contribution in [1.29, 1.82) is 0 Å². The lowest BCUT2D eigenvalue weighted by Crippen LogP contribution is -2.44. The Morgan fingerprint density at radius 2 is 1.76 bits per heavy atom. The molecule has 0 radical (unpaired) electrons. The van der Waals surface area contributed by atoms with Crippen molar-refractivity contribution in [2.75, 3.05) is 5.75 Å². The third-order valence-electron chi connectivity index (χ3n) is 5.32. The first-order chi connectivity index (χ1) is 12.0. The highest BCUT2D eigenvalue weighted by Gasteiger charge is 2.24. The molecule has 138 valence electrons. The first-order valence-electron chi connectivity index (χ1n) is 9.33. The number of nitrogens with one attached hydrogen (secondary N) is 2. The highest BCUT2D eigenvalue weighted by Crippen LogP contribution is 2.35. The van der Waals surface area contributed by atoms with E-state index in [1.54, 1.807) is 0 Å². The van der Waals surface area contributed by atoms with Gasteiger partial charge in [-0.05, 0) is 39.5 Å². The van der Waals surface area contributed by atoms with Crippen LogP contribution >= 0.6 is 11.8 Å². The number of aryl methyl sites for hydroxylation is 1. The third-order valence-corrected chi connectivity index (χ3v) is 6.27. The van der Waals surface area contributed by atoms with Crippen LogP contribution < -0.4 is 10.6 Å². The van der Waals surface area contributed by atoms with Crippen LogP contribution in [0.25, 0.3) is 0 Å². The van der Waals surface area contributed by atoms with E-state index in [-0.39, 0.29) is 23.7 Å². The Kier molecular flexibility index (Phi) is 6.04. The molecule has 0 aliphatic heterocycles. The van der Waals surface area contributed by atoms with Gasteiger partial charge < -0.3 is 9.88 Å². The number of urea groups is 1. The van der Waals surface area contributed by atoms with E-state index >= 15 is 0 Å². The lowest BCUT2D eigenvalue weighted by atomic mass is 10.2. The summed E-state index contributed by atoms with van der Waals surface area (Å²) < 4.78 is 2.29. The second kappa shape index (κ2) is 8.25. The van der Waals surface area contributed by atoms with Gasteiger partial charge in [0, 0.05) is 17.8 Å². The Labute approximate surface area is 153 Å². The number of imide groups is 1. The maximum absolute atomic E-state index is 12.1. The first kappa shape index (κ1) is 18.3. The van der Waals surface area contributed by atoms with Crippen molar-refractivity contribution >= 4 is 23.7 Å². The summed E-state index contributed by atoms with van der Waals surface area (Å²) in [6, 6.07) is 0.341. The monoisotopic (exact) mass is 364 g/mol. The minimum Gasteiger partial charge on any atom is -0.335 e. The highest BCUT2D eigenvalue weighted by molar-refractivity contribution is 7.99. The Bertz CT molecular complexity index is 631. The number of carbonyl (C=O) groups is 2. The molecule has 0 spiro atoms. The molecule has 2 N–H and O–H groups in total. The summed E-state index contributed by atoms with van der Waals surface area (Å²) in [6.07, 6.45) is 9.19. The van der Waals surface area contributed by atoms with Gasteiger partial charge in [-0.2, -0.15) is 0 Å². The van der Waals surface area contributed by atoms with Crippen LogP contribution in [0.1, 0.15) is 68.8 Å². The SMILES string of the molecule is Cc1nc(SCC(=O)NC(=O)NC2CCCC2)n(C2CCCC2)c1C. The molecule has 25 heavy (non-hydrogen) atoms. The second-order valence-corrected chi connectivity index (χ2v) is 8.11.